The summed E-state index contributed by atoms with van der Waals surface area (Å²) >= 11 is 6.39. The van der Waals surface area contributed by atoms with E-state index in [9.17, 15) is 9.90 Å². The van der Waals surface area contributed by atoms with E-state index in [1.807, 2.05) is 36.1 Å². The second kappa shape index (κ2) is 10.8. The van der Waals surface area contributed by atoms with Gasteiger partial charge >= 0.3 is 5.97 Å². The summed E-state index contributed by atoms with van der Waals surface area (Å²) in [6.07, 6.45) is 2.33. The van der Waals surface area contributed by atoms with Gasteiger partial charge in [0.2, 0.25) is 5.75 Å². The van der Waals surface area contributed by atoms with Crippen LogP contribution >= 0.6 is 11.6 Å². The zero-order valence-electron chi connectivity index (χ0n) is 18.9. The van der Waals surface area contributed by atoms with E-state index in [1.165, 1.54) is 0 Å². The van der Waals surface area contributed by atoms with Gasteiger partial charge in [0.05, 0.1) is 34.0 Å². The number of aliphatic carboxylic acids is 1. The summed E-state index contributed by atoms with van der Waals surface area (Å²) < 4.78 is 22.5. The number of benzene rings is 2. The van der Waals surface area contributed by atoms with Crippen molar-refractivity contribution < 1.29 is 28.8 Å². The van der Waals surface area contributed by atoms with Crippen molar-refractivity contribution in [1.29, 1.82) is 0 Å². The molecule has 0 aliphatic carbocycles. The molecule has 2 aromatic carbocycles. The van der Waals surface area contributed by atoms with Crippen molar-refractivity contribution >= 4 is 17.6 Å². The third kappa shape index (κ3) is 4.89. The van der Waals surface area contributed by atoms with Crippen LogP contribution in [-0.2, 0) is 4.79 Å². The number of methoxy groups -OCH3 is 3. The molecule has 0 spiro atoms. The summed E-state index contributed by atoms with van der Waals surface area (Å²) in [4.78, 5) is 14.2. The Morgan fingerprint density at radius 2 is 1.78 bits per heavy atom. The number of carboxylic acid groups (broad SMARTS) is 1. The van der Waals surface area contributed by atoms with E-state index in [2.05, 4.69) is 0 Å². The van der Waals surface area contributed by atoms with Crippen LogP contribution in [0.15, 0.2) is 30.3 Å². The number of halogens is 1. The highest BCUT2D eigenvalue weighted by atomic mass is 35.5. The molecule has 3 rings (SSSR count). The van der Waals surface area contributed by atoms with E-state index in [-0.39, 0.29) is 0 Å². The fourth-order valence-electron chi connectivity index (χ4n) is 4.36. The molecule has 2 unspecified atom stereocenters. The molecule has 32 heavy (non-hydrogen) atoms. The van der Waals surface area contributed by atoms with Gasteiger partial charge in [-0.25, -0.2) is 0 Å². The monoisotopic (exact) mass is 463 g/mol. The maximum atomic E-state index is 12.2. The molecule has 0 radical (unpaired) electrons. The lowest BCUT2D eigenvalue weighted by Crippen LogP contribution is -2.47. The fourth-order valence-corrected chi connectivity index (χ4v) is 4.54. The summed E-state index contributed by atoms with van der Waals surface area (Å²) in [6, 6.07) is 8.07. The van der Waals surface area contributed by atoms with Gasteiger partial charge in [-0.3, -0.25) is 9.69 Å². The highest BCUT2D eigenvalue weighted by Crippen LogP contribution is 2.45. The Labute approximate surface area is 193 Å². The zero-order valence-corrected chi connectivity index (χ0v) is 19.6. The maximum Gasteiger partial charge on any atom is 0.320 e. The van der Waals surface area contributed by atoms with Crippen molar-refractivity contribution in [2.75, 3.05) is 34.5 Å². The van der Waals surface area contributed by atoms with Crippen LogP contribution in [0.3, 0.4) is 0 Å². The minimum atomic E-state index is -0.845. The first-order valence-electron chi connectivity index (χ1n) is 10.7. The van der Waals surface area contributed by atoms with E-state index in [0.29, 0.717) is 47.6 Å². The standard InChI is InChI=1S/C24H30ClNO6/c1-5-32-19-10-9-16(25)14-17(19)22(26-11-7-6-8-18(26)24(27)28)15-12-20(29-2)23(31-4)21(13-15)30-3/h9-10,12-14,18,22H,5-8,11H2,1-4H3,(H,27,28). The SMILES string of the molecule is CCOc1ccc(Cl)cc1C(c1cc(OC)c(OC)c(OC)c1)N1CCCCC1C(=O)O. The number of hydrogen-bond acceptors (Lipinski definition) is 6. The molecule has 1 aliphatic rings. The molecule has 2 aromatic rings. The normalized spacial score (nSPS) is 17.5. The number of rotatable bonds is 9. The first-order valence-corrected chi connectivity index (χ1v) is 11.0. The van der Waals surface area contributed by atoms with Crippen molar-refractivity contribution in [2.24, 2.45) is 0 Å². The number of hydrogen-bond donors (Lipinski definition) is 1. The summed E-state index contributed by atoms with van der Waals surface area (Å²) in [5, 5.41) is 10.5. The Kier molecular flexibility index (Phi) is 8.10. The lowest BCUT2D eigenvalue weighted by atomic mass is 9.90. The van der Waals surface area contributed by atoms with Crippen LogP contribution in [0, 0.1) is 0 Å². The molecule has 0 saturated carbocycles. The molecule has 1 saturated heterocycles. The van der Waals surface area contributed by atoms with Gasteiger partial charge in [0, 0.05) is 10.6 Å². The van der Waals surface area contributed by atoms with Gasteiger partial charge < -0.3 is 24.1 Å². The van der Waals surface area contributed by atoms with E-state index < -0.39 is 18.1 Å². The van der Waals surface area contributed by atoms with Gasteiger partial charge in [0.25, 0.3) is 0 Å². The van der Waals surface area contributed by atoms with Crippen molar-refractivity contribution in [3.05, 3.63) is 46.5 Å². The Morgan fingerprint density at radius 3 is 2.34 bits per heavy atom. The van der Waals surface area contributed by atoms with Gasteiger partial charge in [-0.15, -0.1) is 0 Å². The van der Waals surface area contributed by atoms with Crippen molar-refractivity contribution in [1.82, 2.24) is 4.90 Å². The predicted octanol–water partition coefficient (Wildman–Crippen LogP) is 4.79. The Hall–Kier alpha value is -2.64. The number of likely N-dealkylation sites (tertiary alicyclic amines) is 1. The van der Waals surface area contributed by atoms with Crippen LogP contribution in [0.1, 0.15) is 43.4 Å². The average molecular weight is 464 g/mol. The first kappa shape index (κ1) is 24.0. The Bertz CT molecular complexity index is 925. The number of carboxylic acids is 1. The lowest BCUT2D eigenvalue weighted by molar-refractivity contribution is -0.145. The second-order valence-corrected chi connectivity index (χ2v) is 8.00. The summed E-state index contributed by atoms with van der Waals surface area (Å²) in [5.41, 5.74) is 1.60. The molecule has 1 N–H and O–H groups in total. The second-order valence-electron chi connectivity index (χ2n) is 7.56. The van der Waals surface area contributed by atoms with Crippen LogP contribution < -0.4 is 18.9 Å². The largest absolute Gasteiger partial charge is 0.494 e. The van der Waals surface area contributed by atoms with Gasteiger partial charge in [-0.2, -0.15) is 0 Å². The van der Waals surface area contributed by atoms with Crippen molar-refractivity contribution in [3.63, 3.8) is 0 Å². The van der Waals surface area contributed by atoms with Gasteiger partial charge in [-0.1, -0.05) is 18.0 Å². The third-order valence-corrected chi connectivity index (χ3v) is 5.97. The molecule has 174 valence electrons. The van der Waals surface area contributed by atoms with Crippen LogP contribution in [0.5, 0.6) is 23.0 Å². The average Bonchev–Trinajstić information content (AvgIpc) is 2.80. The fraction of sp³-hybridized carbons (Fsp3) is 0.458. The van der Waals surface area contributed by atoms with Gasteiger partial charge in [0.15, 0.2) is 11.5 Å². The summed E-state index contributed by atoms with van der Waals surface area (Å²) in [7, 11) is 4.66. The highest BCUT2D eigenvalue weighted by molar-refractivity contribution is 6.30. The minimum Gasteiger partial charge on any atom is -0.494 e. The maximum absolute atomic E-state index is 12.2. The van der Waals surface area contributed by atoms with Crippen molar-refractivity contribution in [3.8, 4) is 23.0 Å². The molecule has 0 amide bonds. The number of carbonyl (C=O) groups is 1. The Balaban J connectivity index is 2.27. The molecule has 1 aliphatic heterocycles. The van der Waals surface area contributed by atoms with Crippen molar-refractivity contribution in [2.45, 2.75) is 38.3 Å². The van der Waals surface area contributed by atoms with E-state index in [1.54, 1.807) is 27.4 Å². The molecule has 0 bridgehead atoms. The highest BCUT2D eigenvalue weighted by Gasteiger charge is 2.37. The molecule has 7 nitrogen and oxygen atoms in total. The van der Waals surface area contributed by atoms with Crippen LogP contribution in [0.4, 0.5) is 0 Å². The van der Waals surface area contributed by atoms with Crippen LogP contribution in [0.2, 0.25) is 5.02 Å². The summed E-state index contributed by atoms with van der Waals surface area (Å²) in [6.45, 7) is 3.00. The minimum absolute atomic E-state index is 0.439. The Morgan fingerprint density at radius 1 is 1.09 bits per heavy atom. The molecule has 2 atom stereocenters. The molecule has 1 heterocycles. The molecule has 1 fully saturated rings. The lowest BCUT2D eigenvalue weighted by Gasteiger charge is -2.40. The smallest absolute Gasteiger partial charge is 0.320 e. The zero-order chi connectivity index (χ0) is 23.3. The number of ether oxygens (including phenoxy) is 4. The third-order valence-electron chi connectivity index (χ3n) is 5.73. The van der Waals surface area contributed by atoms with Gasteiger partial charge in [-0.05, 0) is 62.2 Å². The number of nitrogens with zero attached hydrogens (tertiary/aromatic N) is 1. The van der Waals surface area contributed by atoms with E-state index in [4.69, 9.17) is 30.5 Å². The number of piperidine rings is 1. The predicted molar refractivity (Wildman–Crippen MR) is 123 cm³/mol. The molecule has 0 aromatic heterocycles. The molecular weight excluding hydrogens is 434 g/mol. The first-order chi connectivity index (χ1) is 15.4. The quantitative estimate of drug-likeness (QED) is 0.572. The van der Waals surface area contributed by atoms with Gasteiger partial charge in [0.1, 0.15) is 11.8 Å². The van der Waals surface area contributed by atoms with E-state index >= 15 is 0 Å². The summed E-state index contributed by atoms with van der Waals surface area (Å²) in [5.74, 6) is 1.28. The van der Waals surface area contributed by atoms with Crippen LogP contribution in [0.25, 0.3) is 0 Å². The molecule has 8 heteroatoms. The van der Waals surface area contributed by atoms with E-state index in [0.717, 1.165) is 24.0 Å². The molecular formula is C24H30ClNO6. The van der Waals surface area contributed by atoms with Crippen LogP contribution in [-0.4, -0.2) is 56.5 Å². The topological polar surface area (TPSA) is 77.5 Å².